The second kappa shape index (κ2) is 6.87. The molecule has 1 aliphatic rings. The summed E-state index contributed by atoms with van der Waals surface area (Å²) < 4.78 is 27.7. The third kappa shape index (κ3) is 3.83. The van der Waals surface area contributed by atoms with Crippen molar-refractivity contribution < 1.29 is 8.42 Å². The van der Waals surface area contributed by atoms with E-state index in [4.69, 9.17) is 5.73 Å². The molecule has 3 N–H and O–H groups in total. The van der Waals surface area contributed by atoms with Crippen LogP contribution in [0.2, 0.25) is 0 Å². The van der Waals surface area contributed by atoms with Gasteiger partial charge in [0.15, 0.2) is 0 Å². The quantitative estimate of drug-likeness (QED) is 0.824. The van der Waals surface area contributed by atoms with Gasteiger partial charge in [0.1, 0.15) is 0 Å². The number of benzene rings is 1. The van der Waals surface area contributed by atoms with Crippen molar-refractivity contribution in [1.29, 1.82) is 0 Å². The van der Waals surface area contributed by atoms with Crippen LogP contribution in [0.15, 0.2) is 23.1 Å². The number of hydrogen-bond donors (Lipinski definition) is 2. The minimum atomic E-state index is -3.46. The lowest BCUT2D eigenvalue weighted by molar-refractivity contribution is 0.342. The van der Waals surface area contributed by atoms with Crippen LogP contribution in [-0.4, -0.2) is 39.5 Å². The Balaban J connectivity index is 2.06. The minimum Gasteiger partial charge on any atom is -0.326 e. The second-order valence-electron chi connectivity index (χ2n) is 5.64. The summed E-state index contributed by atoms with van der Waals surface area (Å²) in [6.07, 6.45) is 1.05. The van der Waals surface area contributed by atoms with Crippen LogP contribution >= 0.6 is 0 Å². The number of hydrogen-bond acceptors (Lipinski definition) is 4. The second-order valence-corrected chi connectivity index (χ2v) is 7.38. The molecule has 6 heteroatoms. The molecule has 0 aromatic heterocycles. The van der Waals surface area contributed by atoms with Crippen LogP contribution in [0.5, 0.6) is 0 Å². The molecular weight excluding hydrogens is 286 g/mol. The summed E-state index contributed by atoms with van der Waals surface area (Å²) in [5.41, 5.74) is 7.26. The van der Waals surface area contributed by atoms with Crippen LogP contribution in [0.25, 0.3) is 0 Å². The predicted octanol–water partition coefficient (Wildman–Crippen LogP) is 1.07. The van der Waals surface area contributed by atoms with Crippen LogP contribution in [0.3, 0.4) is 0 Å². The standard InChI is InChI=1S/C15H25N3O2S/c1-3-18-8-7-13(11-18)10-17-21(19,20)15-6-4-5-14(9-16)12(15)2/h4-6,13,17H,3,7-11,16H2,1-2H3. The van der Waals surface area contributed by atoms with Crippen LogP contribution in [0.1, 0.15) is 24.5 Å². The van der Waals surface area contributed by atoms with E-state index in [2.05, 4.69) is 16.5 Å². The van der Waals surface area contributed by atoms with E-state index in [9.17, 15) is 8.42 Å². The monoisotopic (exact) mass is 311 g/mol. The summed E-state index contributed by atoms with van der Waals surface area (Å²) in [6.45, 7) is 7.86. The Bertz CT molecular complexity index is 587. The maximum atomic E-state index is 12.5. The third-order valence-corrected chi connectivity index (χ3v) is 5.85. The Kier molecular flexibility index (Phi) is 5.37. The molecule has 0 amide bonds. The van der Waals surface area contributed by atoms with Gasteiger partial charge in [-0.15, -0.1) is 0 Å². The van der Waals surface area contributed by atoms with Crippen molar-refractivity contribution in [2.45, 2.75) is 31.7 Å². The van der Waals surface area contributed by atoms with Gasteiger partial charge in [-0.05, 0) is 49.5 Å². The lowest BCUT2D eigenvalue weighted by atomic mass is 10.1. The molecular formula is C15H25N3O2S. The highest BCUT2D eigenvalue weighted by atomic mass is 32.2. The molecule has 118 valence electrons. The first-order valence-corrected chi connectivity index (χ1v) is 8.96. The predicted molar refractivity (Wildman–Crippen MR) is 84.5 cm³/mol. The molecule has 1 atom stereocenters. The van der Waals surface area contributed by atoms with Crippen LogP contribution in [-0.2, 0) is 16.6 Å². The van der Waals surface area contributed by atoms with E-state index < -0.39 is 10.0 Å². The van der Waals surface area contributed by atoms with Crippen molar-refractivity contribution in [3.05, 3.63) is 29.3 Å². The fourth-order valence-corrected chi connectivity index (χ4v) is 4.25. The van der Waals surface area contributed by atoms with Crippen molar-refractivity contribution in [2.24, 2.45) is 11.7 Å². The van der Waals surface area contributed by atoms with Crippen LogP contribution in [0.4, 0.5) is 0 Å². The SMILES string of the molecule is CCN1CCC(CNS(=O)(=O)c2cccc(CN)c2C)C1. The van der Waals surface area contributed by atoms with Crippen molar-refractivity contribution >= 4 is 10.0 Å². The van der Waals surface area contributed by atoms with E-state index in [-0.39, 0.29) is 0 Å². The molecule has 1 saturated heterocycles. The highest BCUT2D eigenvalue weighted by Crippen LogP contribution is 2.20. The normalized spacial score (nSPS) is 20.0. The molecule has 2 rings (SSSR count). The summed E-state index contributed by atoms with van der Waals surface area (Å²) >= 11 is 0. The van der Waals surface area contributed by atoms with Gasteiger partial charge in [0.2, 0.25) is 10.0 Å². The molecule has 1 unspecified atom stereocenters. The molecule has 5 nitrogen and oxygen atoms in total. The molecule has 1 aliphatic heterocycles. The summed E-state index contributed by atoms with van der Waals surface area (Å²) in [5.74, 6) is 0.401. The average molecular weight is 311 g/mol. The number of nitrogens with two attached hydrogens (primary N) is 1. The van der Waals surface area contributed by atoms with E-state index in [0.717, 1.165) is 37.2 Å². The molecule has 0 saturated carbocycles. The van der Waals surface area contributed by atoms with Gasteiger partial charge in [0.05, 0.1) is 4.90 Å². The smallest absolute Gasteiger partial charge is 0.240 e. The number of rotatable bonds is 6. The van der Waals surface area contributed by atoms with Gasteiger partial charge < -0.3 is 10.6 Å². The molecule has 0 radical (unpaired) electrons. The molecule has 1 fully saturated rings. The Morgan fingerprint density at radius 2 is 2.19 bits per heavy atom. The van der Waals surface area contributed by atoms with Gasteiger partial charge in [0.25, 0.3) is 0 Å². The summed E-state index contributed by atoms with van der Waals surface area (Å²) in [4.78, 5) is 2.69. The van der Waals surface area contributed by atoms with Crippen LogP contribution in [0, 0.1) is 12.8 Å². The molecule has 1 aromatic carbocycles. The Morgan fingerprint density at radius 3 is 2.81 bits per heavy atom. The van der Waals surface area contributed by atoms with Gasteiger partial charge in [-0.3, -0.25) is 0 Å². The molecule has 21 heavy (non-hydrogen) atoms. The highest BCUT2D eigenvalue weighted by molar-refractivity contribution is 7.89. The van der Waals surface area contributed by atoms with E-state index in [1.54, 1.807) is 12.1 Å². The Morgan fingerprint density at radius 1 is 1.43 bits per heavy atom. The van der Waals surface area contributed by atoms with Crippen LogP contribution < -0.4 is 10.5 Å². The number of nitrogens with zero attached hydrogens (tertiary/aromatic N) is 1. The topological polar surface area (TPSA) is 75.4 Å². The Labute approximate surface area is 127 Å². The molecule has 0 spiro atoms. The van der Waals surface area contributed by atoms with Gasteiger partial charge in [-0.2, -0.15) is 0 Å². The molecule has 1 heterocycles. The third-order valence-electron chi connectivity index (χ3n) is 4.28. The zero-order chi connectivity index (χ0) is 15.5. The van der Waals surface area contributed by atoms with E-state index in [1.807, 2.05) is 13.0 Å². The zero-order valence-corrected chi connectivity index (χ0v) is 13.6. The summed E-state index contributed by atoms with van der Waals surface area (Å²) in [7, 11) is -3.46. The first-order chi connectivity index (χ1) is 9.97. The number of nitrogens with one attached hydrogen (secondary N) is 1. The van der Waals surface area contributed by atoms with Gasteiger partial charge in [-0.25, -0.2) is 13.1 Å². The van der Waals surface area contributed by atoms with E-state index in [1.165, 1.54) is 0 Å². The average Bonchev–Trinajstić information content (AvgIpc) is 2.93. The largest absolute Gasteiger partial charge is 0.326 e. The molecule has 0 bridgehead atoms. The molecule has 0 aliphatic carbocycles. The highest BCUT2D eigenvalue weighted by Gasteiger charge is 2.24. The Hall–Kier alpha value is -0.950. The van der Waals surface area contributed by atoms with E-state index in [0.29, 0.717) is 23.9 Å². The fourth-order valence-electron chi connectivity index (χ4n) is 2.84. The van der Waals surface area contributed by atoms with E-state index >= 15 is 0 Å². The van der Waals surface area contributed by atoms with Crippen molar-refractivity contribution in [1.82, 2.24) is 9.62 Å². The van der Waals surface area contributed by atoms with Gasteiger partial charge in [-0.1, -0.05) is 19.1 Å². The lowest BCUT2D eigenvalue weighted by Crippen LogP contribution is -2.31. The van der Waals surface area contributed by atoms with Crippen molar-refractivity contribution in [2.75, 3.05) is 26.2 Å². The number of sulfonamides is 1. The summed E-state index contributed by atoms with van der Waals surface area (Å²) in [5, 5.41) is 0. The first-order valence-electron chi connectivity index (χ1n) is 7.48. The van der Waals surface area contributed by atoms with Crippen molar-refractivity contribution in [3.63, 3.8) is 0 Å². The maximum absolute atomic E-state index is 12.5. The lowest BCUT2D eigenvalue weighted by Gasteiger charge is -2.15. The van der Waals surface area contributed by atoms with Gasteiger partial charge >= 0.3 is 0 Å². The molecule has 1 aromatic rings. The fraction of sp³-hybridized carbons (Fsp3) is 0.600. The minimum absolute atomic E-state index is 0.343. The van der Waals surface area contributed by atoms with Gasteiger partial charge in [0, 0.05) is 19.6 Å². The first kappa shape index (κ1) is 16.4. The van der Waals surface area contributed by atoms with Crippen molar-refractivity contribution in [3.8, 4) is 0 Å². The maximum Gasteiger partial charge on any atom is 0.240 e. The summed E-state index contributed by atoms with van der Waals surface area (Å²) in [6, 6.07) is 5.26. The number of likely N-dealkylation sites (tertiary alicyclic amines) is 1. The zero-order valence-electron chi connectivity index (χ0n) is 12.8.